The molecule has 1 aromatic rings. The largest absolute Gasteiger partial charge is 0.352 e. The quantitative estimate of drug-likeness (QED) is 0.818. The number of hydrogen-bond donors (Lipinski definition) is 1. The van der Waals surface area contributed by atoms with E-state index in [-0.39, 0.29) is 6.04 Å². The average molecular weight is 248 g/mol. The van der Waals surface area contributed by atoms with Crippen LogP contribution in [0.5, 0.6) is 0 Å². The van der Waals surface area contributed by atoms with Gasteiger partial charge in [0.2, 0.25) is 5.91 Å². The monoisotopic (exact) mass is 247 g/mol. The summed E-state index contributed by atoms with van der Waals surface area (Å²) in [6, 6.07) is 3.22. The van der Waals surface area contributed by atoms with Crippen LogP contribution in [0.1, 0.15) is 24.8 Å². The first kappa shape index (κ1) is 12.9. The lowest BCUT2D eigenvalue weighted by Crippen LogP contribution is -2.33. The maximum absolute atomic E-state index is 13.3. The molecule has 0 aromatic heterocycles. The van der Waals surface area contributed by atoms with Gasteiger partial charge in [0.1, 0.15) is 17.0 Å². The molecule has 88 valence electrons. The molecule has 0 fully saturated rings. The van der Waals surface area contributed by atoms with Crippen molar-refractivity contribution in [2.45, 2.75) is 25.3 Å². The van der Waals surface area contributed by atoms with Gasteiger partial charge in [-0.3, -0.25) is 4.79 Å². The molecule has 0 saturated carbocycles. The molecule has 1 N–H and O–H groups in total. The predicted molar refractivity (Wildman–Crippen MR) is 58.2 cm³/mol. The molecule has 1 rings (SSSR count). The van der Waals surface area contributed by atoms with Crippen LogP contribution in [-0.2, 0) is 4.79 Å². The molecule has 0 heterocycles. The minimum Gasteiger partial charge on any atom is -0.352 e. The fraction of sp³-hybridized carbons (Fsp3) is 0.364. The molecule has 0 spiro atoms. The summed E-state index contributed by atoms with van der Waals surface area (Å²) in [6.45, 7) is 3.47. The van der Waals surface area contributed by atoms with Crippen LogP contribution >= 0.6 is 11.6 Å². The summed E-state index contributed by atoms with van der Waals surface area (Å²) in [5.41, 5.74) is -0.415. The van der Waals surface area contributed by atoms with E-state index in [2.05, 4.69) is 5.32 Å². The molecular formula is C11H12ClF2NO. The lowest BCUT2D eigenvalue weighted by Gasteiger charge is -2.14. The third kappa shape index (κ3) is 2.92. The normalized spacial score (nSPS) is 12.6. The zero-order valence-electron chi connectivity index (χ0n) is 8.93. The summed E-state index contributed by atoms with van der Waals surface area (Å²) in [7, 11) is 0. The molecule has 5 heteroatoms. The Morgan fingerprint density at radius 3 is 2.25 bits per heavy atom. The van der Waals surface area contributed by atoms with Crippen LogP contribution in [0.2, 0.25) is 0 Å². The van der Waals surface area contributed by atoms with Gasteiger partial charge in [0.05, 0.1) is 5.56 Å². The van der Waals surface area contributed by atoms with Crippen LogP contribution in [0, 0.1) is 11.6 Å². The number of hydrogen-bond acceptors (Lipinski definition) is 1. The first-order valence-electron chi connectivity index (χ1n) is 4.82. The topological polar surface area (TPSA) is 29.1 Å². The van der Waals surface area contributed by atoms with E-state index >= 15 is 0 Å². The van der Waals surface area contributed by atoms with Crippen LogP contribution in [0.4, 0.5) is 8.78 Å². The summed E-state index contributed by atoms with van der Waals surface area (Å²) >= 11 is 5.72. The van der Waals surface area contributed by atoms with Gasteiger partial charge in [0.15, 0.2) is 0 Å². The molecule has 1 amide bonds. The van der Waals surface area contributed by atoms with Crippen molar-refractivity contribution in [3.63, 3.8) is 0 Å². The van der Waals surface area contributed by atoms with Crippen molar-refractivity contribution >= 4 is 17.5 Å². The van der Waals surface area contributed by atoms with Gasteiger partial charge in [-0.15, -0.1) is 11.6 Å². The van der Waals surface area contributed by atoms with Gasteiger partial charge in [-0.05, 0) is 26.0 Å². The third-order valence-corrected chi connectivity index (χ3v) is 2.33. The lowest BCUT2D eigenvalue weighted by atomic mass is 10.1. The van der Waals surface area contributed by atoms with Crippen molar-refractivity contribution in [3.05, 3.63) is 35.4 Å². The van der Waals surface area contributed by atoms with Gasteiger partial charge in [-0.25, -0.2) is 8.78 Å². The first-order valence-corrected chi connectivity index (χ1v) is 5.25. The second kappa shape index (κ2) is 5.25. The third-order valence-electron chi connectivity index (χ3n) is 1.91. The van der Waals surface area contributed by atoms with E-state index in [9.17, 15) is 13.6 Å². The summed E-state index contributed by atoms with van der Waals surface area (Å²) in [6.07, 6.45) is 0. The predicted octanol–water partition coefficient (Wildman–Crippen LogP) is 2.77. The molecule has 0 aliphatic rings. The average Bonchev–Trinajstić information content (AvgIpc) is 2.16. The van der Waals surface area contributed by atoms with Crippen LogP contribution in [0.15, 0.2) is 18.2 Å². The maximum Gasteiger partial charge on any atom is 0.243 e. The van der Waals surface area contributed by atoms with Gasteiger partial charge in [-0.1, -0.05) is 6.07 Å². The van der Waals surface area contributed by atoms with E-state index in [0.29, 0.717) is 0 Å². The number of rotatable bonds is 3. The van der Waals surface area contributed by atoms with E-state index in [1.54, 1.807) is 13.8 Å². The second-order valence-corrected chi connectivity index (χ2v) is 4.10. The molecular weight excluding hydrogens is 236 g/mol. The highest BCUT2D eigenvalue weighted by Crippen LogP contribution is 2.26. The molecule has 0 bridgehead atoms. The minimum absolute atomic E-state index is 0.136. The van der Waals surface area contributed by atoms with Crippen molar-refractivity contribution in [3.8, 4) is 0 Å². The molecule has 0 aliphatic heterocycles. The molecule has 0 aliphatic carbocycles. The molecule has 2 nitrogen and oxygen atoms in total. The smallest absolute Gasteiger partial charge is 0.243 e. The summed E-state index contributed by atoms with van der Waals surface area (Å²) in [4.78, 5) is 11.5. The van der Waals surface area contributed by atoms with Gasteiger partial charge in [0, 0.05) is 6.04 Å². The molecule has 1 atom stereocenters. The zero-order chi connectivity index (χ0) is 12.3. The number of nitrogens with one attached hydrogen (secondary N) is 1. The van der Waals surface area contributed by atoms with Crippen molar-refractivity contribution in [2.75, 3.05) is 0 Å². The Labute approximate surface area is 97.6 Å². The van der Waals surface area contributed by atoms with Crippen LogP contribution in [0.3, 0.4) is 0 Å². The Morgan fingerprint density at radius 2 is 1.81 bits per heavy atom. The van der Waals surface area contributed by atoms with Crippen molar-refractivity contribution in [1.82, 2.24) is 5.32 Å². The Morgan fingerprint density at radius 1 is 1.31 bits per heavy atom. The van der Waals surface area contributed by atoms with E-state index < -0.39 is 28.5 Å². The van der Waals surface area contributed by atoms with Gasteiger partial charge in [0.25, 0.3) is 0 Å². The second-order valence-electron chi connectivity index (χ2n) is 3.66. The van der Waals surface area contributed by atoms with Crippen LogP contribution < -0.4 is 5.32 Å². The maximum atomic E-state index is 13.3. The summed E-state index contributed by atoms with van der Waals surface area (Å²) in [5, 5.41) is 1.13. The van der Waals surface area contributed by atoms with Crippen LogP contribution in [-0.4, -0.2) is 11.9 Å². The Kier molecular flexibility index (Phi) is 4.24. The Hall–Kier alpha value is -1.16. The lowest BCUT2D eigenvalue weighted by molar-refractivity contribution is -0.121. The fourth-order valence-corrected chi connectivity index (χ4v) is 1.51. The first-order chi connectivity index (χ1) is 7.43. The highest BCUT2D eigenvalue weighted by atomic mass is 35.5. The Bertz CT molecular complexity index is 375. The number of carbonyl (C=O) groups excluding carboxylic acids is 1. The fourth-order valence-electron chi connectivity index (χ4n) is 1.24. The van der Waals surface area contributed by atoms with E-state index in [0.717, 1.165) is 12.1 Å². The van der Waals surface area contributed by atoms with Crippen LogP contribution in [0.25, 0.3) is 0 Å². The number of carbonyl (C=O) groups is 1. The Balaban J connectivity index is 2.96. The minimum atomic E-state index is -1.36. The highest BCUT2D eigenvalue weighted by molar-refractivity contribution is 6.30. The van der Waals surface area contributed by atoms with Crippen molar-refractivity contribution < 1.29 is 13.6 Å². The number of benzene rings is 1. The van der Waals surface area contributed by atoms with Gasteiger partial charge < -0.3 is 5.32 Å². The van der Waals surface area contributed by atoms with E-state index in [1.807, 2.05) is 0 Å². The van der Waals surface area contributed by atoms with E-state index in [4.69, 9.17) is 11.6 Å². The highest BCUT2D eigenvalue weighted by Gasteiger charge is 2.24. The van der Waals surface area contributed by atoms with Crippen molar-refractivity contribution in [2.24, 2.45) is 0 Å². The standard InChI is InChI=1S/C11H12ClF2NO/c1-6(2)15-11(16)10(12)9-7(13)4-3-5-8(9)14/h3-6,10H,1-2H3,(H,15,16). The molecule has 0 radical (unpaired) electrons. The molecule has 0 saturated heterocycles. The van der Waals surface area contributed by atoms with Gasteiger partial charge in [-0.2, -0.15) is 0 Å². The number of amides is 1. The van der Waals surface area contributed by atoms with Crippen molar-refractivity contribution in [1.29, 1.82) is 0 Å². The number of halogens is 3. The van der Waals surface area contributed by atoms with E-state index in [1.165, 1.54) is 6.07 Å². The molecule has 1 aromatic carbocycles. The molecule has 1 unspecified atom stereocenters. The zero-order valence-corrected chi connectivity index (χ0v) is 9.68. The summed E-state index contributed by atoms with van der Waals surface area (Å²) in [5.74, 6) is -2.25. The summed E-state index contributed by atoms with van der Waals surface area (Å²) < 4.78 is 26.6. The van der Waals surface area contributed by atoms with Gasteiger partial charge >= 0.3 is 0 Å². The SMILES string of the molecule is CC(C)NC(=O)C(Cl)c1c(F)cccc1F. The number of alkyl halides is 1. The molecule has 16 heavy (non-hydrogen) atoms.